The van der Waals surface area contributed by atoms with Crippen LogP contribution in [-0.4, -0.2) is 35.4 Å². The summed E-state index contributed by atoms with van der Waals surface area (Å²) in [5.74, 6) is 1.08. The van der Waals surface area contributed by atoms with Crippen molar-refractivity contribution in [3.63, 3.8) is 0 Å². The van der Waals surface area contributed by atoms with Gasteiger partial charge < -0.3 is 4.57 Å². The van der Waals surface area contributed by atoms with E-state index in [0.717, 1.165) is 30.3 Å². The summed E-state index contributed by atoms with van der Waals surface area (Å²) in [5.41, 5.74) is 3.20. The molecular weight excluding hydrogens is 236 g/mol. The van der Waals surface area contributed by atoms with Gasteiger partial charge in [-0.05, 0) is 52.6 Å². The Balaban J connectivity index is 1.98. The number of hydrogen-bond acceptors (Lipinski definition) is 2. The van der Waals surface area contributed by atoms with Crippen LogP contribution >= 0.6 is 0 Å². The average Bonchev–Trinajstić information content (AvgIpc) is 2.59. The summed E-state index contributed by atoms with van der Waals surface area (Å²) >= 11 is 0. The van der Waals surface area contributed by atoms with E-state index in [2.05, 4.69) is 37.3 Å². The molecule has 1 heterocycles. The highest BCUT2D eigenvalue weighted by atomic mass is 16.1. The number of ketones is 1. The average molecular weight is 262 g/mol. The van der Waals surface area contributed by atoms with E-state index in [1.807, 2.05) is 6.07 Å². The highest BCUT2D eigenvalue weighted by Gasteiger charge is 2.21. The quantitative estimate of drug-likeness (QED) is 0.736. The molecule has 3 heteroatoms. The molecule has 0 unspecified atom stereocenters. The van der Waals surface area contributed by atoms with Crippen LogP contribution in [0, 0.1) is 19.8 Å². The van der Waals surface area contributed by atoms with Gasteiger partial charge in [-0.2, -0.15) is 0 Å². The van der Waals surface area contributed by atoms with Gasteiger partial charge in [0.2, 0.25) is 0 Å². The summed E-state index contributed by atoms with van der Waals surface area (Å²) in [6.45, 7) is 8.80. The maximum atomic E-state index is 12.4. The van der Waals surface area contributed by atoms with Crippen LogP contribution in [0.5, 0.6) is 0 Å². The zero-order valence-electron chi connectivity index (χ0n) is 12.7. The first-order chi connectivity index (χ1) is 9.02. The molecule has 1 aliphatic carbocycles. The maximum absolute atomic E-state index is 12.4. The molecule has 106 valence electrons. The van der Waals surface area contributed by atoms with E-state index >= 15 is 0 Å². The van der Waals surface area contributed by atoms with Crippen molar-refractivity contribution >= 4 is 5.78 Å². The first kappa shape index (κ1) is 14.3. The molecule has 1 aromatic rings. The number of Topliss-reactive ketones (excluding diaryl/α,β-unsaturated/α-hetero) is 1. The second-order valence-corrected chi connectivity index (χ2v) is 5.95. The van der Waals surface area contributed by atoms with Gasteiger partial charge in [0.15, 0.2) is 5.78 Å². The van der Waals surface area contributed by atoms with Crippen molar-refractivity contribution in [3.05, 3.63) is 23.0 Å². The van der Waals surface area contributed by atoms with Crippen LogP contribution in [0.15, 0.2) is 6.07 Å². The number of aromatic nitrogens is 1. The van der Waals surface area contributed by atoms with Crippen LogP contribution in [0.4, 0.5) is 0 Å². The van der Waals surface area contributed by atoms with Crippen molar-refractivity contribution in [2.45, 2.75) is 46.6 Å². The highest BCUT2D eigenvalue weighted by molar-refractivity contribution is 5.99. The molecule has 0 bridgehead atoms. The summed E-state index contributed by atoms with van der Waals surface area (Å²) in [4.78, 5) is 14.6. The number of likely N-dealkylation sites (N-methyl/N-ethyl adjacent to an activating group) is 1. The largest absolute Gasteiger partial charge is 0.349 e. The fourth-order valence-electron chi connectivity index (χ4n) is 3.08. The molecule has 0 aromatic carbocycles. The van der Waals surface area contributed by atoms with Gasteiger partial charge in [0.25, 0.3) is 0 Å². The van der Waals surface area contributed by atoms with Gasteiger partial charge in [0.1, 0.15) is 0 Å². The van der Waals surface area contributed by atoms with Crippen LogP contribution in [0.1, 0.15) is 47.9 Å². The lowest BCUT2D eigenvalue weighted by molar-refractivity contribution is 0.0924. The van der Waals surface area contributed by atoms with E-state index in [4.69, 9.17) is 0 Å². The Kier molecular flexibility index (Phi) is 4.46. The van der Waals surface area contributed by atoms with Crippen LogP contribution < -0.4 is 0 Å². The Morgan fingerprint density at radius 3 is 2.58 bits per heavy atom. The number of carbonyl (C=O) groups is 1. The fourth-order valence-corrected chi connectivity index (χ4v) is 3.08. The maximum Gasteiger partial charge on any atom is 0.178 e. The molecule has 1 saturated carbocycles. The SMILES string of the molecule is CCn1c(C)cc(C(=O)CN(C)CC2CCC2)c1C. The summed E-state index contributed by atoms with van der Waals surface area (Å²) in [5, 5.41) is 0. The molecule has 0 atom stereocenters. The Morgan fingerprint density at radius 1 is 1.42 bits per heavy atom. The first-order valence-electron chi connectivity index (χ1n) is 7.41. The normalized spacial score (nSPS) is 15.8. The first-order valence-corrected chi connectivity index (χ1v) is 7.41. The molecule has 0 spiro atoms. The van der Waals surface area contributed by atoms with E-state index < -0.39 is 0 Å². The lowest BCUT2D eigenvalue weighted by atomic mass is 9.85. The van der Waals surface area contributed by atoms with E-state index in [9.17, 15) is 4.79 Å². The van der Waals surface area contributed by atoms with Crippen LogP contribution in [0.2, 0.25) is 0 Å². The molecule has 1 aliphatic rings. The number of nitrogens with zero attached hydrogens (tertiary/aromatic N) is 2. The lowest BCUT2D eigenvalue weighted by Gasteiger charge is -2.29. The fraction of sp³-hybridized carbons (Fsp3) is 0.688. The van der Waals surface area contributed by atoms with Crippen molar-refractivity contribution < 1.29 is 4.79 Å². The van der Waals surface area contributed by atoms with E-state index in [0.29, 0.717) is 6.54 Å². The molecule has 1 aromatic heterocycles. The van der Waals surface area contributed by atoms with Gasteiger partial charge >= 0.3 is 0 Å². The zero-order valence-corrected chi connectivity index (χ0v) is 12.7. The van der Waals surface area contributed by atoms with Crippen LogP contribution in [0.25, 0.3) is 0 Å². The van der Waals surface area contributed by atoms with Gasteiger partial charge in [-0.15, -0.1) is 0 Å². The molecule has 3 nitrogen and oxygen atoms in total. The predicted molar refractivity (Wildman–Crippen MR) is 78.7 cm³/mol. The van der Waals surface area contributed by atoms with Gasteiger partial charge in [-0.25, -0.2) is 0 Å². The molecule has 0 N–H and O–H groups in total. The predicted octanol–water partition coefficient (Wildman–Crippen LogP) is 3.04. The third-order valence-electron chi connectivity index (χ3n) is 4.40. The molecule has 19 heavy (non-hydrogen) atoms. The minimum Gasteiger partial charge on any atom is -0.349 e. The number of aryl methyl sites for hydroxylation is 1. The Hall–Kier alpha value is -1.09. The molecular formula is C16H26N2O. The van der Waals surface area contributed by atoms with Crippen molar-refractivity contribution in [2.24, 2.45) is 5.92 Å². The van der Waals surface area contributed by atoms with E-state index in [1.54, 1.807) is 0 Å². The third-order valence-corrected chi connectivity index (χ3v) is 4.40. The van der Waals surface area contributed by atoms with Crippen molar-refractivity contribution in [1.29, 1.82) is 0 Å². The van der Waals surface area contributed by atoms with Gasteiger partial charge in [0.05, 0.1) is 6.54 Å². The highest BCUT2D eigenvalue weighted by Crippen LogP contribution is 2.26. The molecule has 0 radical (unpaired) electrons. The number of carbonyl (C=O) groups excluding carboxylic acids is 1. The second-order valence-electron chi connectivity index (χ2n) is 5.95. The lowest BCUT2D eigenvalue weighted by Crippen LogP contribution is -2.33. The van der Waals surface area contributed by atoms with E-state index in [1.165, 1.54) is 25.0 Å². The van der Waals surface area contributed by atoms with Crippen molar-refractivity contribution in [3.8, 4) is 0 Å². The summed E-state index contributed by atoms with van der Waals surface area (Å²) < 4.78 is 2.21. The summed E-state index contributed by atoms with van der Waals surface area (Å²) in [6, 6.07) is 2.04. The monoisotopic (exact) mass is 262 g/mol. The summed E-state index contributed by atoms with van der Waals surface area (Å²) in [7, 11) is 2.06. The van der Waals surface area contributed by atoms with Crippen LogP contribution in [0.3, 0.4) is 0 Å². The van der Waals surface area contributed by atoms with Gasteiger partial charge in [-0.3, -0.25) is 9.69 Å². The van der Waals surface area contributed by atoms with Crippen molar-refractivity contribution in [1.82, 2.24) is 9.47 Å². The molecule has 2 rings (SSSR count). The number of hydrogen-bond donors (Lipinski definition) is 0. The summed E-state index contributed by atoms with van der Waals surface area (Å²) in [6.07, 6.45) is 4.04. The minimum atomic E-state index is 0.259. The van der Waals surface area contributed by atoms with Crippen LogP contribution in [-0.2, 0) is 6.54 Å². The minimum absolute atomic E-state index is 0.259. The molecule has 0 amide bonds. The molecule has 0 aliphatic heterocycles. The van der Waals surface area contributed by atoms with Gasteiger partial charge in [-0.1, -0.05) is 6.42 Å². The second kappa shape index (κ2) is 5.91. The Bertz CT molecular complexity index is 458. The smallest absolute Gasteiger partial charge is 0.178 e. The standard InChI is InChI=1S/C16H26N2O/c1-5-18-12(2)9-15(13(18)3)16(19)11-17(4)10-14-7-6-8-14/h9,14H,5-8,10-11H2,1-4H3. The van der Waals surface area contributed by atoms with Crippen molar-refractivity contribution in [2.75, 3.05) is 20.1 Å². The Morgan fingerprint density at radius 2 is 2.11 bits per heavy atom. The molecule has 1 fully saturated rings. The Labute approximate surface area is 116 Å². The zero-order chi connectivity index (χ0) is 14.0. The number of rotatable bonds is 6. The van der Waals surface area contributed by atoms with E-state index in [-0.39, 0.29) is 5.78 Å². The topological polar surface area (TPSA) is 25.2 Å². The molecule has 0 saturated heterocycles. The van der Waals surface area contributed by atoms with Gasteiger partial charge in [0, 0.05) is 30.0 Å². The third kappa shape index (κ3) is 3.08.